The van der Waals surface area contributed by atoms with Gasteiger partial charge in [0, 0.05) is 19.6 Å². The van der Waals surface area contributed by atoms with E-state index in [1.54, 1.807) is 32.6 Å². The van der Waals surface area contributed by atoms with E-state index in [2.05, 4.69) is 0 Å². The van der Waals surface area contributed by atoms with Crippen molar-refractivity contribution in [3.8, 4) is 0 Å². The number of carbonyl (C=O) groups is 3. The molecule has 142 valence electrons. The molecule has 27 heavy (non-hydrogen) atoms. The quantitative estimate of drug-likeness (QED) is 0.728. The average Bonchev–Trinajstić information content (AvgIpc) is 3.41. The Morgan fingerprint density at radius 2 is 1.96 bits per heavy atom. The normalized spacial score (nSPS) is 21.1. The first-order chi connectivity index (χ1) is 13.1. The molecule has 2 aromatic heterocycles. The fourth-order valence-electron chi connectivity index (χ4n) is 3.59. The summed E-state index contributed by atoms with van der Waals surface area (Å²) in [5.74, 6) is -0.483. The highest BCUT2D eigenvalue weighted by atomic mass is 32.1. The van der Waals surface area contributed by atoms with Crippen LogP contribution in [0, 0.1) is 0 Å². The van der Waals surface area contributed by atoms with E-state index in [4.69, 9.17) is 4.74 Å². The van der Waals surface area contributed by atoms with E-state index in [1.165, 1.54) is 18.4 Å². The summed E-state index contributed by atoms with van der Waals surface area (Å²) in [5.41, 5.74) is 0.412. The van der Waals surface area contributed by atoms with Crippen LogP contribution in [0.25, 0.3) is 0 Å². The smallest absolute Gasteiger partial charge is 0.340 e. The van der Waals surface area contributed by atoms with Crippen LogP contribution in [0.5, 0.6) is 0 Å². The minimum Gasteiger partial charge on any atom is -0.465 e. The number of amides is 2. The largest absolute Gasteiger partial charge is 0.465 e. The van der Waals surface area contributed by atoms with Gasteiger partial charge in [0.05, 0.1) is 30.3 Å². The molecule has 0 saturated carbocycles. The second-order valence-electron chi connectivity index (χ2n) is 6.39. The van der Waals surface area contributed by atoms with Gasteiger partial charge >= 0.3 is 5.97 Å². The van der Waals surface area contributed by atoms with E-state index in [1.807, 2.05) is 22.4 Å². The Bertz CT molecular complexity index is 864. The second-order valence-corrected chi connectivity index (χ2v) is 8.21. The Kier molecular flexibility index (Phi) is 4.98. The van der Waals surface area contributed by atoms with E-state index < -0.39 is 5.97 Å². The van der Waals surface area contributed by atoms with Gasteiger partial charge in [-0.05, 0) is 35.4 Å². The van der Waals surface area contributed by atoms with Gasteiger partial charge < -0.3 is 14.5 Å². The first-order valence-corrected chi connectivity index (χ1v) is 10.4. The summed E-state index contributed by atoms with van der Waals surface area (Å²) in [6.45, 7) is 2.00. The Balaban J connectivity index is 1.46. The number of methoxy groups -OCH3 is 1. The first kappa shape index (κ1) is 18.1. The third-order valence-corrected chi connectivity index (χ3v) is 6.76. The maximum Gasteiger partial charge on any atom is 0.340 e. The van der Waals surface area contributed by atoms with Crippen molar-refractivity contribution < 1.29 is 19.1 Å². The van der Waals surface area contributed by atoms with Crippen molar-refractivity contribution in [2.24, 2.45) is 0 Å². The molecule has 0 aromatic carbocycles. The Morgan fingerprint density at radius 3 is 2.67 bits per heavy atom. The number of thiophene rings is 2. The molecule has 4 heterocycles. The zero-order valence-electron chi connectivity index (χ0n) is 14.8. The molecule has 0 aliphatic carbocycles. The Hall–Kier alpha value is -2.23. The molecule has 0 unspecified atom stereocenters. The summed E-state index contributed by atoms with van der Waals surface area (Å²) < 4.78 is 4.80. The highest BCUT2D eigenvalue weighted by molar-refractivity contribution is 7.15. The lowest BCUT2D eigenvalue weighted by molar-refractivity contribution is -0.126. The lowest BCUT2D eigenvalue weighted by atomic mass is 10.1. The van der Waals surface area contributed by atoms with Crippen LogP contribution >= 0.6 is 22.7 Å². The molecule has 2 saturated heterocycles. The van der Waals surface area contributed by atoms with Crippen LogP contribution in [0.1, 0.15) is 16.8 Å². The lowest BCUT2D eigenvalue weighted by Crippen LogP contribution is -2.55. The topological polar surface area (TPSA) is 70.2 Å². The molecule has 1 atom stereocenters. The molecule has 2 aliphatic heterocycles. The summed E-state index contributed by atoms with van der Waals surface area (Å²) in [4.78, 5) is 42.9. The van der Waals surface area contributed by atoms with E-state index in [0.29, 0.717) is 36.6 Å². The predicted molar refractivity (Wildman–Crippen MR) is 105 cm³/mol. The maximum atomic E-state index is 13.0. The van der Waals surface area contributed by atoms with Gasteiger partial charge in [0.25, 0.3) is 0 Å². The van der Waals surface area contributed by atoms with E-state index in [-0.39, 0.29) is 24.4 Å². The SMILES string of the molecule is COC(=O)c1ccsc1N1CC[C@H](N2CCN(c3cccs3)C(=O)C2)C1=O. The third-order valence-electron chi connectivity index (χ3n) is 4.94. The average molecular weight is 406 g/mol. The van der Waals surface area contributed by atoms with Crippen LogP contribution in [0.2, 0.25) is 0 Å². The minimum atomic E-state index is -0.442. The van der Waals surface area contributed by atoms with Crippen LogP contribution in [-0.4, -0.2) is 62.0 Å². The molecule has 2 aromatic rings. The van der Waals surface area contributed by atoms with Crippen molar-refractivity contribution in [3.05, 3.63) is 34.5 Å². The Labute approximate surface area is 164 Å². The van der Waals surface area contributed by atoms with Gasteiger partial charge in [-0.1, -0.05) is 0 Å². The fraction of sp³-hybridized carbons (Fsp3) is 0.389. The monoisotopic (exact) mass is 405 g/mol. The summed E-state index contributed by atoms with van der Waals surface area (Å²) in [6.07, 6.45) is 0.642. The molecule has 0 N–H and O–H groups in total. The molecule has 7 nitrogen and oxygen atoms in total. The number of nitrogens with zero attached hydrogens (tertiary/aromatic N) is 3. The van der Waals surface area contributed by atoms with Gasteiger partial charge in [-0.25, -0.2) is 4.79 Å². The summed E-state index contributed by atoms with van der Waals surface area (Å²) in [6, 6.07) is 5.21. The van der Waals surface area contributed by atoms with Crippen molar-refractivity contribution in [3.63, 3.8) is 0 Å². The van der Waals surface area contributed by atoms with Gasteiger partial charge in [-0.3, -0.25) is 14.5 Å². The molecule has 2 aliphatic rings. The van der Waals surface area contributed by atoms with Gasteiger partial charge in [0.2, 0.25) is 11.8 Å². The molecular formula is C18H19N3O4S2. The number of hydrogen-bond acceptors (Lipinski definition) is 7. The second kappa shape index (κ2) is 7.41. The Morgan fingerprint density at radius 1 is 1.11 bits per heavy atom. The van der Waals surface area contributed by atoms with Gasteiger partial charge in [0.15, 0.2) is 0 Å². The molecule has 4 rings (SSSR count). The van der Waals surface area contributed by atoms with Crippen molar-refractivity contribution in [2.75, 3.05) is 43.1 Å². The molecule has 0 radical (unpaired) electrons. The zero-order chi connectivity index (χ0) is 19.0. The number of carbonyl (C=O) groups excluding carboxylic acids is 3. The summed E-state index contributed by atoms with van der Waals surface area (Å²) >= 11 is 2.90. The molecule has 2 amide bonds. The van der Waals surface area contributed by atoms with Crippen LogP contribution in [-0.2, 0) is 14.3 Å². The van der Waals surface area contributed by atoms with Gasteiger partial charge in [-0.15, -0.1) is 22.7 Å². The highest BCUT2D eigenvalue weighted by Crippen LogP contribution is 2.33. The fourth-order valence-corrected chi connectivity index (χ4v) is 5.29. The number of rotatable bonds is 4. The number of esters is 1. The third kappa shape index (κ3) is 3.26. The molecule has 2 fully saturated rings. The number of piperazine rings is 1. The summed E-state index contributed by atoms with van der Waals surface area (Å²) in [5, 5.41) is 5.30. The zero-order valence-corrected chi connectivity index (χ0v) is 16.4. The van der Waals surface area contributed by atoms with E-state index >= 15 is 0 Å². The van der Waals surface area contributed by atoms with E-state index in [9.17, 15) is 14.4 Å². The van der Waals surface area contributed by atoms with Crippen LogP contribution in [0.4, 0.5) is 10.0 Å². The summed E-state index contributed by atoms with van der Waals surface area (Å²) in [7, 11) is 1.33. The lowest BCUT2D eigenvalue weighted by Gasteiger charge is -2.36. The van der Waals surface area contributed by atoms with Gasteiger partial charge in [-0.2, -0.15) is 0 Å². The van der Waals surface area contributed by atoms with Crippen LogP contribution in [0.3, 0.4) is 0 Å². The van der Waals surface area contributed by atoms with Crippen molar-refractivity contribution >= 4 is 50.5 Å². The number of hydrogen-bond donors (Lipinski definition) is 0. The van der Waals surface area contributed by atoms with Crippen molar-refractivity contribution in [1.82, 2.24) is 4.90 Å². The van der Waals surface area contributed by atoms with Crippen LogP contribution < -0.4 is 9.80 Å². The minimum absolute atomic E-state index is 0.0151. The van der Waals surface area contributed by atoms with Crippen molar-refractivity contribution in [1.29, 1.82) is 0 Å². The van der Waals surface area contributed by atoms with Crippen molar-refractivity contribution in [2.45, 2.75) is 12.5 Å². The van der Waals surface area contributed by atoms with Crippen LogP contribution in [0.15, 0.2) is 29.0 Å². The highest BCUT2D eigenvalue weighted by Gasteiger charge is 2.41. The molecule has 0 bridgehead atoms. The molecule has 0 spiro atoms. The molecule has 9 heteroatoms. The maximum absolute atomic E-state index is 13.0. The number of anilines is 2. The number of ether oxygens (including phenoxy) is 1. The standard InChI is InChI=1S/C18H19N3O4S2/c1-25-18(24)12-5-10-27-17(12)21-6-4-13(16(21)23)19-7-8-20(14(22)11-19)15-3-2-9-26-15/h2-3,5,9-10,13H,4,6-8,11H2,1H3/t13-/m0/s1. The molecular weight excluding hydrogens is 386 g/mol. The van der Waals surface area contributed by atoms with Gasteiger partial charge in [0.1, 0.15) is 5.00 Å². The first-order valence-electron chi connectivity index (χ1n) is 8.65. The predicted octanol–water partition coefficient (Wildman–Crippen LogP) is 2.05. The van der Waals surface area contributed by atoms with E-state index in [0.717, 1.165) is 5.00 Å².